The molecule has 204 valence electrons. The zero-order chi connectivity index (χ0) is 26.9. The Balaban J connectivity index is 2.11. The highest BCUT2D eigenvalue weighted by Crippen LogP contribution is 2.38. The number of phenolic OH excluding ortho intramolecular Hbond substituents is 2. The average Bonchev–Trinajstić information content (AvgIpc) is 2.89. The number of rotatable bonds is 20. The molecule has 0 saturated heterocycles. The van der Waals surface area contributed by atoms with E-state index in [0.29, 0.717) is 24.5 Å². The van der Waals surface area contributed by atoms with E-state index < -0.39 is 0 Å². The fourth-order valence-corrected chi connectivity index (χ4v) is 4.97. The maximum Gasteiger partial charge on any atom is 0.126 e. The summed E-state index contributed by atoms with van der Waals surface area (Å²) < 4.78 is 0. The zero-order valence-electron chi connectivity index (χ0n) is 23.6. The molecule has 2 rings (SSSR count). The zero-order valence-corrected chi connectivity index (χ0v) is 23.6. The minimum atomic E-state index is 0.330. The molecule has 0 heterocycles. The van der Waals surface area contributed by atoms with E-state index in [9.17, 15) is 10.2 Å². The van der Waals surface area contributed by atoms with Gasteiger partial charge in [0.2, 0.25) is 0 Å². The van der Waals surface area contributed by atoms with Crippen LogP contribution in [0.25, 0.3) is 11.1 Å². The second-order valence-electron chi connectivity index (χ2n) is 10.4. The second kappa shape index (κ2) is 17.9. The van der Waals surface area contributed by atoms with E-state index in [1.54, 1.807) is 0 Å². The van der Waals surface area contributed by atoms with Crippen molar-refractivity contribution in [2.75, 3.05) is 6.54 Å². The summed E-state index contributed by atoms with van der Waals surface area (Å²) >= 11 is 0. The van der Waals surface area contributed by atoms with Crippen molar-refractivity contribution in [2.24, 2.45) is 0 Å². The number of phenols is 2. The van der Waals surface area contributed by atoms with Gasteiger partial charge in [0.25, 0.3) is 0 Å². The topological polar surface area (TPSA) is 52.5 Å². The highest BCUT2D eigenvalue weighted by atomic mass is 16.3. The van der Waals surface area contributed by atoms with Gasteiger partial charge in [-0.15, -0.1) is 13.2 Å². The van der Waals surface area contributed by atoms with Gasteiger partial charge in [0, 0.05) is 17.7 Å². The van der Waals surface area contributed by atoms with E-state index in [-0.39, 0.29) is 0 Å². The normalized spacial score (nSPS) is 11.1. The second-order valence-corrected chi connectivity index (χ2v) is 10.4. The monoisotopic (exact) mass is 505 g/mol. The highest BCUT2D eigenvalue weighted by molar-refractivity contribution is 5.75. The molecule has 0 aliphatic rings. The summed E-state index contributed by atoms with van der Waals surface area (Å²) in [6, 6.07) is 8.20. The molecule has 0 radical (unpaired) electrons. The van der Waals surface area contributed by atoms with Crippen molar-refractivity contribution in [3.8, 4) is 22.6 Å². The third-order valence-corrected chi connectivity index (χ3v) is 7.14. The third kappa shape index (κ3) is 10.4. The molecule has 0 bridgehead atoms. The van der Waals surface area contributed by atoms with E-state index >= 15 is 0 Å². The number of aromatic hydroxyl groups is 2. The maximum absolute atomic E-state index is 11.2. The predicted octanol–water partition coefficient (Wildman–Crippen LogP) is 9.18. The van der Waals surface area contributed by atoms with E-state index in [0.717, 1.165) is 72.0 Å². The van der Waals surface area contributed by atoms with Crippen LogP contribution in [0.15, 0.2) is 49.6 Å². The molecule has 3 heteroatoms. The van der Waals surface area contributed by atoms with Gasteiger partial charge in [-0.3, -0.25) is 0 Å². The summed E-state index contributed by atoms with van der Waals surface area (Å²) in [5, 5.41) is 25.7. The SMILES string of the molecule is C=CCc1cc(CCCC)c(O)c(-c2cc(CC=C)c(O)c(CNCCCCCCCCCCC)c2)c1. The summed E-state index contributed by atoms with van der Waals surface area (Å²) in [7, 11) is 0. The predicted molar refractivity (Wildman–Crippen MR) is 161 cm³/mol. The lowest BCUT2D eigenvalue weighted by Gasteiger charge is -2.17. The standard InChI is InChI=1S/C34H51NO2/c1-5-9-11-12-13-14-15-16-17-21-35-26-31-25-30(24-28(19-8-4)33(31)36)32-23-27(18-7-3)22-29(34(32)37)20-10-6-2/h7-8,22-25,35-37H,3-6,9-21,26H2,1-2H3. The van der Waals surface area contributed by atoms with Gasteiger partial charge in [-0.25, -0.2) is 0 Å². The molecule has 0 fully saturated rings. The van der Waals surface area contributed by atoms with Crippen LogP contribution in [0.5, 0.6) is 11.5 Å². The molecule has 0 aliphatic carbocycles. The summed E-state index contributed by atoms with van der Waals surface area (Å²) in [6.07, 6.45) is 19.9. The third-order valence-electron chi connectivity index (χ3n) is 7.14. The van der Waals surface area contributed by atoms with Crippen molar-refractivity contribution in [3.63, 3.8) is 0 Å². The van der Waals surface area contributed by atoms with E-state index in [2.05, 4.69) is 44.5 Å². The van der Waals surface area contributed by atoms with Crippen LogP contribution in [0.3, 0.4) is 0 Å². The van der Waals surface area contributed by atoms with Gasteiger partial charge >= 0.3 is 0 Å². The number of hydrogen-bond donors (Lipinski definition) is 3. The molecule has 0 atom stereocenters. The first-order valence-electron chi connectivity index (χ1n) is 14.7. The molecule has 37 heavy (non-hydrogen) atoms. The van der Waals surface area contributed by atoms with E-state index in [1.807, 2.05) is 24.3 Å². The fourth-order valence-electron chi connectivity index (χ4n) is 4.97. The van der Waals surface area contributed by atoms with Crippen LogP contribution in [0.2, 0.25) is 0 Å². The van der Waals surface area contributed by atoms with Crippen LogP contribution in [-0.4, -0.2) is 16.8 Å². The van der Waals surface area contributed by atoms with Crippen LogP contribution in [0, 0.1) is 0 Å². The van der Waals surface area contributed by atoms with E-state index in [1.165, 1.54) is 51.4 Å². The van der Waals surface area contributed by atoms with Gasteiger partial charge in [-0.05, 0) is 79.1 Å². The van der Waals surface area contributed by atoms with Gasteiger partial charge in [0.05, 0.1) is 0 Å². The molecule has 0 saturated carbocycles. The molecular formula is C34H51NO2. The molecule has 2 aromatic rings. The quantitative estimate of drug-likeness (QED) is 0.124. The van der Waals surface area contributed by atoms with Gasteiger partial charge < -0.3 is 15.5 Å². The number of aryl methyl sites for hydroxylation is 1. The Bertz CT molecular complexity index is 963. The Kier molecular flexibility index (Phi) is 14.8. The smallest absolute Gasteiger partial charge is 0.126 e. The fraction of sp³-hybridized carbons (Fsp3) is 0.529. The Morgan fingerprint density at radius 2 is 1.30 bits per heavy atom. The Morgan fingerprint density at radius 3 is 1.95 bits per heavy atom. The lowest BCUT2D eigenvalue weighted by molar-refractivity contribution is 0.457. The Labute approximate surface area is 226 Å². The number of nitrogens with one attached hydrogen (secondary N) is 1. The molecule has 0 spiro atoms. The summed E-state index contributed by atoms with van der Waals surface area (Å²) in [5.74, 6) is 0.682. The molecule has 3 nitrogen and oxygen atoms in total. The average molecular weight is 506 g/mol. The first kappa shape index (κ1) is 30.7. The summed E-state index contributed by atoms with van der Waals surface area (Å²) in [5.41, 5.74) is 5.62. The molecule has 0 aromatic heterocycles. The molecule has 3 N–H and O–H groups in total. The molecule has 0 amide bonds. The number of unbranched alkanes of at least 4 members (excludes halogenated alkanes) is 9. The Morgan fingerprint density at radius 1 is 0.676 bits per heavy atom. The Hall–Kier alpha value is -2.52. The molecule has 0 unspecified atom stereocenters. The van der Waals surface area contributed by atoms with Gasteiger partial charge in [0.15, 0.2) is 0 Å². The van der Waals surface area contributed by atoms with Gasteiger partial charge in [-0.2, -0.15) is 0 Å². The van der Waals surface area contributed by atoms with Crippen molar-refractivity contribution in [1.29, 1.82) is 0 Å². The van der Waals surface area contributed by atoms with Crippen molar-refractivity contribution in [2.45, 2.75) is 110 Å². The maximum atomic E-state index is 11.2. The highest BCUT2D eigenvalue weighted by Gasteiger charge is 2.16. The first-order chi connectivity index (χ1) is 18.0. The number of hydrogen-bond acceptors (Lipinski definition) is 3. The van der Waals surface area contributed by atoms with Gasteiger partial charge in [-0.1, -0.05) is 89.9 Å². The number of allylic oxidation sites excluding steroid dienone is 2. The summed E-state index contributed by atoms with van der Waals surface area (Å²) in [6.45, 7) is 13.8. The molecule has 0 aliphatic heterocycles. The van der Waals surface area contributed by atoms with Crippen molar-refractivity contribution in [3.05, 3.63) is 71.8 Å². The van der Waals surface area contributed by atoms with Crippen LogP contribution >= 0.6 is 0 Å². The van der Waals surface area contributed by atoms with E-state index in [4.69, 9.17) is 0 Å². The lowest BCUT2D eigenvalue weighted by Crippen LogP contribution is -2.15. The van der Waals surface area contributed by atoms with Crippen molar-refractivity contribution >= 4 is 0 Å². The minimum Gasteiger partial charge on any atom is -0.507 e. The van der Waals surface area contributed by atoms with Crippen LogP contribution in [0.4, 0.5) is 0 Å². The van der Waals surface area contributed by atoms with Gasteiger partial charge in [0.1, 0.15) is 11.5 Å². The van der Waals surface area contributed by atoms with Crippen molar-refractivity contribution in [1.82, 2.24) is 5.32 Å². The first-order valence-corrected chi connectivity index (χ1v) is 14.7. The molecule has 2 aromatic carbocycles. The minimum absolute atomic E-state index is 0.330. The largest absolute Gasteiger partial charge is 0.507 e. The number of benzene rings is 2. The van der Waals surface area contributed by atoms with Crippen molar-refractivity contribution < 1.29 is 10.2 Å². The van der Waals surface area contributed by atoms with Crippen LogP contribution in [0.1, 0.15) is 107 Å². The van der Waals surface area contributed by atoms with Crippen LogP contribution < -0.4 is 5.32 Å². The lowest BCUT2D eigenvalue weighted by atomic mass is 9.91. The summed E-state index contributed by atoms with van der Waals surface area (Å²) in [4.78, 5) is 0. The van der Waals surface area contributed by atoms with Crippen LogP contribution in [-0.2, 0) is 25.8 Å². The molecular weight excluding hydrogens is 454 g/mol.